The van der Waals surface area contributed by atoms with Crippen LogP contribution in [0.5, 0.6) is 0 Å². The van der Waals surface area contributed by atoms with Crippen molar-refractivity contribution in [2.24, 2.45) is 0 Å². The molecule has 0 N–H and O–H groups in total. The molecule has 123 valence electrons. The van der Waals surface area contributed by atoms with Crippen molar-refractivity contribution < 1.29 is 19.4 Å². The van der Waals surface area contributed by atoms with Gasteiger partial charge in [-0.25, -0.2) is 0 Å². The molecule has 0 fully saturated rings. The van der Waals surface area contributed by atoms with Gasteiger partial charge in [-0.3, -0.25) is 6.29 Å². The molecule has 0 saturated carbocycles. The van der Waals surface area contributed by atoms with E-state index < -0.39 is 0 Å². The van der Waals surface area contributed by atoms with Crippen molar-refractivity contribution in [2.45, 2.75) is 48.5 Å². The van der Waals surface area contributed by atoms with E-state index in [0.29, 0.717) is 15.8 Å². The Morgan fingerprint density at radius 2 is 0.842 bits per heavy atom. The van der Waals surface area contributed by atoms with E-state index in [0.717, 1.165) is 0 Å². The summed E-state index contributed by atoms with van der Waals surface area (Å²) in [6.45, 7) is 15.1. The molecule has 0 aromatic heterocycles. The van der Waals surface area contributed by atoms with Gasteiger partial charge >= 0.3 is 24.8 Å². The molecule has 0 spiro atoms. The van der Waals surface area contributed by atoms with Crippen LogP contribution in [0, 0.1) is 0 Å². The van der Waals surface area contributed by atoms with Gasteiger partial charge < -0.3 is 4.79 Å². The van der Waals surface area contributed by atoms with E-state index in [4.69, 9.17) is 4.79 Å². The first-order valence-electron chi connectivity index (χ1n) is 6.96. The molecule has 5 heteroatoms. The van der Waals surface area contributed by atoms with Crippen molar-refractivity contribution in [3.8, 4) is 0 Å². The van der Waals surface area contributed by atoms with Gasteiger partial charge in [0.25, 0.3) is 0 Å². The van der Waals surface area contributed by atoms with Crippen molar-refractivity contribution in [1.29, 1.82) is 0 Å². The van der Waals surface area contributed by atoms with Crippen LogP contribution >= 0.6 is 26.0 Å². The Morgan fingerprint density at radius 1 is 0.737 bits per heavy atom. The fourth-order valence-corrected chi connectivity index (χ4v) is 4.02. The summed E-state index contributed by atoms with van der Waals surface area (Å²) in [7, 11) is 5.16. The Kier molecular flexibility index (Phi) is 47.4. The molecular formula is C14H33ClNiOP2-. The van der Waals surface area contributed by atoms with Gasteiger partial charge in [0, 0.05) is 0 Å². The van der Waals surface area contributed by atoms with Gasteiger partial charge in [-0.15, -0.1) is 15.8 Å². The molecule has 0 unspecified atom stereocenters. The molecule has 19 heavy (non-hydrogen) atoms. The van der Waals surface area contributed by atoms with Gasteiger partial charge in [-0.1, -0.05) is 41.5 Å². The zero-order chi connectivity index (χ0) is 16.1. The molecule has 0 aliphatic heterocycles. The number of hydrogen-bond donors (Lipinski definition) is 0. The molecule has 0 aliphatic rings. The quantitative estimate of drug-likeness (QED) is 0.324. The molecule has 0 rings (SSSR count). The van der Waals surface area contributed by atoms with Crippen molar-refractivity contribution in [2.75, 3.05) is 37.0 Å². The van der Waals surface area contributed by atoms with Crippen molar-refractivity contribution in [3.05, 3.63) is 0 Å². The van der Waals surface area contributed by atoms with E-state index in [1.807, 2.05) is 0 Å². The molecule has 0 aromatic carbocycles. The second kappa shape index (κ2) is 31.6. The van der Waals surface area contributed by atoms with Crippen LogP contribution in [0.2, 0.25) is 0 Å². The molecule has 1 nitrogen and oxygen atoms in total. The molecule has 0 aromatic rings. The van der Waals surface area contributed by atoms with Crippen LogP contribution in [0.4, 0.5) is 0 Å². The van der Waals surface area contributed by atoms with Crippen LogP contribution in [-0.2, 0) is 19.4 Å². The Morgan fingerprint density at radius 3 is 0.842 bits per heavy atom. The molecule has 0 atom stereocenters. The molecule has 0 bridgehead atoms. The minimum absolute atomic E-state index is 0.446. The molecule has 0 amide bonds. The van der Waals surface area contributed by atoms with Gasteiger partial charge in [-0.05, 0) is 37.0 Å². The third-order valence-corrected chi connectivity index (χ3v) is 8.05. The van der Waals surface area contributed by atoms with Crippen molar-refractivity contribution in [3.63, 3.8) is 0 Å². The molecule has 0 saturated heterocycles. The number of halogens is 1. The predicted octanol–water partition coefficient (Wildman–Crippen LogP) is 5.86. The molecule has 0 aliphatic carbocycles. The summed E-state index contributed by atoms with van der Waals surface area (Å²) < 4.78 is 0. The summed E-state index contributed by atoms with van der Waals surface area (Å²) in [6.07, 6.45) is 10.0. The zero-order valence-corrected chi connectivity index (χ0v) is 17.3. The first-order chi connectivity index (χ1) is 9.11. The average Bonchev–Trinajstić information content (AvgIpc) is 2.46. The van der Waals surface area contributed by atoms with Crippen LogP contribution < -0.4 is 0 Å². The summed E-state index contributed by atoms with van der Waals surface area (Å²) in [4.78, 5) is 8.68. The fraction of sp³-hybridized carbons (Fsp3) is 0.929. The van der Waals surface area contributed by atoms with E-state index in [9.17, 15) is 0 Å². The number of hydrogen-bond acceptors (Lipinski definition) is 1. The van der Waals surface area contributed by atoms with Gasteiger partial charge in [0.2, 0.25) is 0 Å². The van der Waals surface area contributed by atoms with Crippen LogP contribution in [0.25, 0.3) is 0 Å². The summed E-state index contributed by atoms with van der Waals surface area (Å²) >= 11 is 3.35. The number of rotatable bonds is 6. The first-order valence-corrected chi connectivity index (χ1v) is 12.1. The standard InChI is InChI=1S/2C6H15P.C2H3O.ClH.Ni/c2*1-4-7(5-2)6-3;1-2-3;;/h2*4-6H2,1-3H3;1H3;1H;/q;;-1;;+1/p-1. The zero-order valence-electron chi connectivity index (χ0n) is 13.7. The van der Waals surface area contributed by atoms with E-state index in [1.54, 1.807) is 0 Å². The third-order valence-electron chi connectivity index (χ3n) is 2.68. The summed E-state index contributed by atoms with van der Waals surface area (Å²) in [5.74, 6) is 0. The Balaban J connectivity index is -0.0000000888. The van der Waals surface area contributed by atoms with E-state index in [2.05, 4.69) is 66.3 Å². The topological polar surface area (TPSA) is 17.1 Å². The average molecular weight is 374 g/mol. The summed E-state index contributed by atoms with van der Waals surface area (Å²) in [6, 6.07) is 0. The second-order valence-corrected chi connectivity index (χ2v) is 9.92. The molecular weight excluding hydrogens is 340 g/mol. The van der Waals surface area contributed by atoms with Crippen LogP contribution in [0.3, 0.4) is 0 Å². The minimum atomic E-state index is 0.446. The first kappa shape index (κ1) is 28.5. The Labute approximate surface area is 137 Å². The van der Waals surface area contributed by atoms with Crippen molar-refractivity contribution in [1.82, 2.24) is 0 Å². The molecule has 0 heterocycles. The van der Waals surface area contributed by atoms with Gasteiger partial charge in [0.15, 0.2) is 0 Å². The van der Waals surface area contributed by atoms with Crippen molar-refractivity contribution >= 4 is 32.3 Å². The monoisotopic (exact) mass is 372 g/mol. The second-order valence-electron chi connectivity index (χ2n) is 3.44. The Bertz CT molecular complexity index is 110. The number of carbonyl (C=O) groups excluding carboxylic acids is 1. The van der Waals surface area contributed by atoms with Gasteiger partial charge in [0.1, 0.15) is 0 Å². The Hall–Kier alpha value is 1.31. The van der Waals surface area contributed by atoms with E-state index >= 15 is 0 Å². The fourth-order valence-electron chi connectivity index (χ4n) is 1.34. The predicted molar refractivity (Wildman–Crippen MR) is 94.3 cm³/mol. The van der Waals surface area contributed by atoms with Crippen LogP contribution in [0.15, 0.2) is 0 Å². The van der Waals surface area contributed by atoms with Gasteiger partial charge in [0.05, 0.1) is 0 Å². The summed E-state index contributed by atoms with van der Waals surface area (Å²) in [5.41, 5.74) is 0. The van der Waals surface area contributed by atoms with Crippen LogP contribution in [-0.4, -0.2) is 43.3 Å². The summed E-state index contributed by atoms with van der Waals surface area (Å²) in [5, 5.41) is 0. The SMILES string of the molecule is CCP(CC)CC.CCP(CC)CC.C[C-]=O.[Cl][Ni]. The van der Waals surface area contributed by atoms with Gasteiger partial charge in [-0.2, -0.15) is 6.92 Å². The van der Waals surface area contributed by atoms with E-state index in [1.165, 1.54) is 50.2 Å². The maximum absolute atomic E-state index is 8.68. The molecule has 0 radical (unpaired) electrons. The normalized spacial score (nSPS) is 8.63. The van der Waals surface area contributed by atoms with E-state index in [-0.39, 0.29) is 0 Å². The third kappa shape index (κ3) is 32.7. The maximum atomic E-state index is 8.68. The van der Waals surface area contributed by atoms with Crippen LogP contribution in [0.1, 0.15) is 48.5 Å².